The maximum atomic E-state index is 12.6. The molecule has 0 aliphatic rings. The van der Waals surface area contributed by atoms with E-state index in [4.69, 9.17) is 4.74 Å². The molecule has 0 unspecified atom stereocenters. The summed E-state index contributed by atoms with van der Waals surface area (Å²) in [7, 11) is 1.61. The van der Waals surface area contributed by atoms with Crippen molar-refractivity contribution < 1.29 is 4.74 Å². The van der Waals surface area contributed by atoms with Crippen LogP contribution in [0.5, 0.6) is 5.75 Å². The summed E-state index contributed by atoms with van der Waals surface area (Å²) in [4.78, 5) is 17.7. The van der Waals surface area contributed by atoms with Crippen LogP contribution >= 0.6 is 11.3 Å². The van der Waals surface area contributed by atoms with Crippen molar-refractivity contribution in [2.24, 2.45) is 0 Å². The smallest absolute Gasteiger partial charge is 0.291 e. The lowest BCUT2D eigenvalue weighted by Gasteiger charge is -2.02. The maximum Gasteiger partial charge on any atom is 0.291 e. The van der Waals surface area contributed by atoms with Gasteiger partial charge >= 0.3 is 0 Å². The van der Waals surface area contributed by atoms with E-state index in [1.165, 1.54) is 21.4 Å². The first-order chi connectivity index (χ1) is 12.2. The standard InChI is InChI=1S/C19H15N3O2S/c1-12-7-9-13(10-8-12)17-20-19-22(21-17)18(23)16(25-19)11-14-5-3-4-6-15(14)24-2/h3-11H,1-2H3/b16-11-. The Balaban J connectivity index is 1.82. The number of nitrogens with zero attached hydrogens (tertiary/aromatic N) is 3. The first-order valence-electron chi connectivity index (χ1n) is 7.77. The van der Waals surface area contributed by atoms with Crippen molar-refractivity contribution in [2.45, 2.75) is 6.92 Å². The van der Waals surface area contributed by atoms with Gasteiger partial charge in [0, 0.05) is 11.1 Å². The molecule has 0 aliphatic heterocycles. The maximum absolute atomic E-state index is 12.6. The molecule has 0 amide bonds. The second-order valence-corrected chi connectivity index (χ2v) is 6.66. The Bertz CT molecular complexity index is 1160. The Morgan fingerprint density at radius 1 is 1.12 bits per heavy atom. The van der Waals surface area contributed by atoms with Crippen LogP contribution in [0.2, 0.25) is 0 Å². The number of hydrogen-bond acceptors (Lipinski definition) is 5. The lowest BCUT2D eigenvalue weighted by Crippen LogP contribution is -2.23. The average molecular weight is 349 g/mol. The van der Waals surface area contributed by atoms with Crippen molar-refractivity contribution in [1.29, 1.82) is 0 Å². The van der Waals surface area contributed by atoms with Crippen LogP contribution < -0.4 is 14.8 Å². The fourth-order valence-corrected chi connectivity index (χ4v) is 3.48. The van der Waals surface area contributed by atoms with Gasteiger partial charge in [-0.15, -0.1) is 5.10 Å². The van der Waals surface area contributed by atoms with Gasteiger partial charge in [0.2, 0.25) is 4.96 Å². The van der Waals surface area contributed by atoms with E-state index in [9.17, 15) is 4.79 Å². The molecule has 5 nitrogen and oxygen atoms in total. The minimum Gasteiger partial charge on any atom is -0.496 e. The van der Waals surface area contributed by atoms with E-state index in [1.54, 1.807) is 7.11 Å². The molecule has 0 bridgehead atoms. The topological polar surface area (TPSA) is 56.5 Å². The van der Waals surface area contributed by atoms with Crippen LogP contribution in [0.1, 0.15) is 11.1 Å². The predicted molar refractivity (Wildman–Crippen MR) is 99.1 cm³/mol. The summed E-state index contributed by atoms with van der Waals surface area (Å²) in [6.45, 7) is 2.03. The number of fused-ring (bicyclic) bond motifs is 1. The van der Waals surface area contributed by atoms with E-state index in [0.717, 1.165) is 16.9 Å². The molecule has 2 heterocycles. The van der Waals surface area contributed by atoms with Crippen LogP contribution in [0.4, 0.5) is 0 Å². The normalized spacial score (nSPS) is 12.0. The Kier molecular flexibility index (Phi) is 3.82. The van der Waals surface area contributed by atoms with Crippen molar-refractivity contribution in [2.75, 3.05) is 7.11 Å². The third kappa shape index (κ3) is 2.81. The molecule has 0 atom stereocenters. The van der Waals surface area contributed by atoms with E-state index >= 15 is 0 Å². The van der Waals surface area contributed by atoms with Crippen molar-refractivity contribution in [3.05, 3.63) is 74.5 Å². The molecule has 2 aromatic carbocycles. The zero-order valence-corrected chi connectivity index (χ0v) is 14.6. The number of ether oxygens (including phenoxy) is 1. The number of rotatable bonds is 3. The lowest BCUT2D eigenvalue weighted by atomic mass is 10.1. The predicted octanol–water partition coefficient (Wildman–Crippen LogP) is 2.68. The number of thiazole rings is 1. The van der Waals surface area contributed by atoms with Crippen molar-refractivity contribution in [3.8, 4) is 17.1 Å². The molecule has 2 aromatic heterocycles. The largest absolute Gasteiger partial charge is 0.496 e. The number of aromatic nitrogens is 3. The van der Waals surface area contributed by atoms with E-state index < -0.39 is 0 Å². The summed E-state index contributed by atoms with van der Waals surface area (Å²) in [5, 5.41) is 4.37. The zero-order chi connectivity index (χ0) is 17.4. The quantitative estimate of drug-likeness (QED) is 0.571. The van der Waals surface area contributed by atoms with Crippen LogP contribution in [0, 0.1) is 6.92 Å². The van der Waals surface area contributed by atoms with Gasteiger partial charge in [0.25, 0.3) is 5.56 Å². The minimum atomic E-state index is -0.170. The lowest BCUT2D eigenvalue weighted by molar-refractivity contribution is 0.414. The number of para-hydroxylation sites is 1. The highest BCUT2D eigenvalue weighted by molar-refractivity contribution is 7.15. The molecule has 0 saturated carbocycles. The second kappa shape index (κ2) is 6.14. The molecule has 0 radical (unpaired) electrons. The van der Waals surface area contributed by atoms with Gasteiger partial charge < -0.3 is 4.74 Å². The Labute approximate surface area is 147 Å². The highest BCUT2D eigenvalue weighted by Gasteiger charge is 2.12. The van der Waals surface area contributed by atoms with Crippen LogP contribution in [-0.2, 0) is 0 Å². The fourth-order valence-electron chi connectivity index (χ4n) is 2.59. The van der Waals surface area contributed by atoms with Crippen molar-refractivity contribution in [3.63, 3.8) is 0 Å². The number of hydrogen-bond donors (Lipinski definition) is 0. The summed E-state index contributed by atoms with van der Waals surface area (Å²) in [6, 6.07) is 15.5. The molecule has 0 N–H and O–H groups in total. The minimum absolute atomic E-state index is 0.170. The summed E-state index contributed by atoms with van der Waals surface area (Å²) in [5.74, 6) is 1.29. The van der Waals surface area contributed by atoms with Crippen LogP contribution in [0.25, 0.3) is 22.4 Å². The fraction of sp³-hybridized carbons (Fsp3) is 0.105. The second-order valence-electron chi connectivity index (χ2n) is 5.65. The molecule has 4 rings (SSSR count). The van der Waals surface area contributed by atoms with Gasteiger partial charge in [-0.05, 0) is 19.1 Å². The third-order valence-electron chi connectivity index (χ3n) is 3.92. The van der Waals surface area contributed by atoms with Crippen LogP contribution in [-0.4, -0.2) is 21.7 Å². The van der Waals surface area contributed by atoms with E-state index in [2.05, 4.69) is 10.1 Å². The number of aryl methyl sites for hydroxylation is 1. The SMILES string of the molecule is COc1ccccc1/C=c1\sc2nc(-c3ccc(C)cc3)nn2c1=O. The Morgan fingerprint density at radius 2 is 1.88 bits per heavy atom. The van der Waals surface area contributed by atoms with E-state index in [1.807, 2.05) is 61.5 Å². The molecule has 4 aromatic rings. The van der Waals surface area contributed by atoms with Gasteiger partial charge in [-0.2, -0.15) is 9.50 Å². The first-order valence-corrected chi connectivity index (χ1v) is 8.59. The van der Waals surface area contributed by atoms with Crippen molar-refractivity contribution in [1.82, 2.24) is 14.6 Å². The molecule has 0 saturated heterocycles. The van der Waals surface area contributed by atoms with Gasteiger partial charge in [-0.1, -0.05) is 59.4 Å². The summed E-state index contributed by atoms with van der Waals surface area (Å²) >= 11 is 1.32. The summed E-state index contributed by atoms with van der Waals surface area (Å²) in [5.41, 5.74) is 2.75. The zero-order valence-electron chi connectivity index (χ0n) is 13.8. The molecule has 0 spiro atoms. The summed E-state index contributed by atoms with van der Waals surface area (Å²) in [6.07, 6.45) is 1.81. The molecule has 0 fully saturated rings. The van der Waals surface area contributed by atoms with Gasteiger partial charge in [0.15, 0.2) is 5.82 Å². The molecule has 0 aliphatic carbocycles. The molecular weight excluding hydrogens is 334 g/mol. The average Bonchev–Trinajstić information content (AvgIpc) is 3.16. The van der Waals surface area contributed by atoms with Crippen LogP contribution in [0.15, 0.2) is 53.3 Å². The Hall–Kier alpha value is -2.99. The number of methoxy groups -OCH3 is 1. The molecule has 25 heavy (non-hydrogen) atoms. The van der Waals surface area contributed by atoms with E-state index in [0.29, 0.717) is 15.3 Å². The first kappa shape index (κ1) is 15.5. The van der Waals surface area contributed by atoms with Crippen LogP contribution in [0.3, 0.4) is 0 Å². The van der Waals surface area contributed by atoms with Gasteiger partial charge in [0.05, 0.1) is 11.6 Å². The van der Waals surface area contributed by atoms with Crippen molar-refractivity contribution >= 4 is 22.4 Å². The van der Waals surface area contributed by atoms with Gasteiger partial charge in [-0.25, -0.2) is 0 Å². The monoisotopic (exact) mass is 349 g/mol. The molecule has 124 valence electrons. The highest BCUT2D eigenvalue weighted by atomic mass is 32.1. The number of benzene rings is 2. The Morgan fingerprint density at radius 3 is 2.60 bits per heavy atom. The highest BCUT2D eigenvalue weighted by Crippen LogP contribution is 2.19. The molecular formula is C19H15N3O2S. The third-order valence-corrected chi connectivity index (χ3v) is 4.88. The summed E-state index contributed by atoms with van der Waals surface area (Å²) < 4.78 is 7.27. The van der Waals surface area contributed by atoms with Gasteiger partial charge in [-0.3, -0.25) is 4.79 Å². The van der Waals surface area contributed by atoms with E-state index in [-0.39, 0.29) is 5.56 Å². The molecule has 6 heteroatoms. The van der Waals surface area contributed by atoms with Gasteiger partial charge in [0.1, 0.15) is 5.75 Å².